The number of rotatable bonds is 3. The summed E-state index contributed by atoms with van der Waals surface area (Å²) in [7, 11) is 0. The second-order valence-corrected chi connectivity index (χ2v) is 4.57. The third-order valence-electron chi connectivity index (χ3n) is 2.45. The van der Waals surface area contributed by atoms with E-state index in [-0.39, 0.29) is 17.6 Å². The summed E-state index contributed by atoms with van der Waals surface area (Å²) in [5.41, 5.74) is 6.40. The van der Waals surface area contributed by atoms with Crippen LogP contribution in [0.1, 0.15) is 29.0 Å². The number of nitrogens with zero attached hydrogens (tertiary/aromatic N) is 2. The van der Waals surface area contributed by atoms with E-state index in [2.05, 4.69) is 36.2 Å². The summed E-state index contributed by atoms with van der Waals surface area (Å²) in [4.78, 5) is 11.9. The van der Waals surface area contributed by atoms with Gasteiger partial charge in [-0.25, -0.2) is 4.63 Å². The molecule has 3 N–H and O–H groups in total. The summed E-state index contributed by atoms with van der Waals surface area (Å²) in [6.07, 6.45) is 0. The zero-order chi connectivity index (χ0) is 13.1. The summed E-state index contributed by atoms with van der Waals surface area (Å²) < 4.78 is 5.30. The highest BCUT2D eigenvalue weighted by Gasteiger charge is 2.19. The fourth-order valence-corrected chi connectivity index (χ4v) is 2.15. The van der Waals surface area contributed by atoms with E-state index >= 15 is 0 Å². The first-order chi connectivity index (χ1) is 8.59. The zero-order valence-electron chi connectivity index (χ0n) is 9.55. The van der Waals surface area contributed by atoms with E-state index < -0.39 is 5.91 Å². The molecule has 0 fully saturated rings. The normalized spacial score (nSPS) is 12.1. The van der Waals surface area contributed by atoms with Gasteiger partial charge in [-0.05, 0) is 28.9 Å². The topological polar surface area (TPSA) is 94.0 Å². The highest BCUT2D eigenvalue weighted by atomic mass is 79.9. The molecular formula is C11H11BrN4O2. The van der Waals surface area contributed by atoms with Gasteiger partial charge in [-0.15, -0.1) is 0 Å². The van der Waals surface area contributed by atoms with Crippen LogP contribution in [-0.4, -0.2) is 16.2 Å². The zero-order valence-corrected chi connectivity index (χ0v) is 11.1. The average Bonchev–Trinajstić information content (AvgIpc) is 2.76. The van der Waals surface area contributed by atoms with Gasteiger partial charge in [0.25, 0.3) is 5.91 Å². The third-order valence-corrected chi connectivity index (χ3v) is 3.17. The van der Waals surface area contributed by atoms with Gasteiger partial charge in [0.2, 0.25) is 11.5 Å². The Bertz CT molecular complexity index is 570. The van der Waals surface area contributed by atoms with Crippen molar-refractivity contribution >= 4 is 27.7 Å². The summed E-state index contributed by atoms with van der Waals surface area (Å²) >= 11 is 3.43. The van der Waals surface area contributed by atoms with Crippen molar-refractivity contribution < 1.29 is 9.42 Å². The van der Waals surface area contributed by atoms with Crippen molar-refractivity contribution in [2.24, 2.45) is 0 Å². The van der Waals surface area contributed by atoms with Crippen LogP contribution in [0, 0.1) is 0 Å². The molecule has 18 heavy (non-hydrogen) atoms. The van der Waals surface area contributed by atoms with E-state index in [0.717, 1.165) is 10.0 Å². The lowest BCUT2D eigenvalue weighted by Gasteiger charge is -2.14. The van der Waals surface area contributed by atoms with E-state index in [1.54, 1.807) is 0 Å². The number of anilines is 1. The molecule has 1 unspecified atom stereocenters. The standard InChI is InChI=1S/C11H11BrN4O2/c1-6(7-4-2-3-5-8(7)12)14-11(17)9-10(13)16-18-15-9/h2-6H,1H3,(H2,13,16)(H,14,17). The van der Waals surface area contributed by atoms with Crippen molar-refractivity contribution in [2.45, 2.75) is 13.0 Å². The van der Waals surface area contributed by atoms with Crippen LogP contribution in [0.5, 0.6) is 0 Å². The number of hydrogen-bond donors (Lipinski definition) is 2. The summed E-state index contributed by atoms with van der Waals surface area (Å²) in [5.74, 6) is -0.441. The number of nitrogens with one attached hydrogen (secondary N) is 1. The SMILES string of the molecule is CC(NC(=O)c1nonc1N)c1ccccc1Br. The maximum atomic E-state index is 11.9. The summed E-state index contributed by atoms with van der Waals surface area (Å²) in [5, 5.41) is 9.58. The Hall–Kier alpha value is -1.89. The molecule has 0 saturated heterocycles. The number of nitrogen functional groups attached to an aromatic ring is 1. The lowest BCUT2D eigenvalue weighted by atomic mass is 10.1. The van der Waals surface area contributed by atoms with Gasteiger partial charge in [0.1, 0.15) is 0 Å². The van der Waals surface area contributed by atoms with Crippen LogP contribution in [-0.2, 0) is 0 Å². The number of benzene rings is 1. The van der Waals surface area contributed by atoms with Crippen molar-refractivity contribution in [1.29, 1.82) is 0 Å². The van der Waals surface area contributed by atoms with Gasteiger partial charge < -0.3 is 11.1 Å². The van der Waals surface area contributed by atoms with Crippen LogP contribution in [0.4, 0.5) is 5.82 Å². The van der Waals surface area contributed by atoms with Crippen molar-refractivity contribution in [3.63, 3.8) is 0 Å². The lowest BCUT2D eigenvalue weighted by Crippen LogP contribution is -2.27. The second-order valence-electron chi connectivity index (χ2n) is 3.71. The fourth-order valence-electron chi connectivity index (χ4n) is 1.52. The minimum Gasteiger partial charge on any atom is -0.379 e. The summed E-state index contributed by atoms with van der Waals surface area (Å²) in [6, 6.07) is 7.43. The van der Waals surface area contributed by atoms with E-state index in [9.17, 15) is 4.79 Å². The number of amides is 1. The molecule has 94 valence electrons. The van der Waals surface area contributed by atoms with Crippen molar-refractivity contribution in [3.05, 3.63) is 40.0 Å². The van der Waals surface area contributed by atoms with Gasteiger partial charge in [-0.1, -0.05) is 34.1 Å². The molecule has 0 bridgehead atoms. The van der Waals surface area contributed by atoms with Crippen LogP contribution in [0.25, 0.3) is 0 Å². The van der Waals surface area contributed by atoms with Gasteiger partial charge >= 0.3 is 0 Å². The maximum absolute atomic E-state index is 11.9. The predicted octanol–water partition coefficient (Wildman–Crippen LogP) is 1.91. The van der Waals surface area contributed by atoms with E-state index in [0.29, 0.717) is 0 Å². The molecule has 0 aliphatic carbocycles. The van der Waals surface area contributed by atoms with Crippen LogP contribution in [0.15, 0.2) is 33.4 Å². The van der Waals surface area contributed by atoms with Crippen LogP contribution in [0.2, 0.25) is 0 Å². The Morgan fingerprint density at radius 1 is 1.44 bits per heavy atom. The highest BCUT2D eigenvalue weighted by Crippen LogP contribution is 2.23. The van der Waals surface area contributed by atoms with E-state index in [1.807, 2.05) is 31.2 Å². The van der Waals surface area contributed by atoms with Crippen LogP contribution < -0.4 is 11.1 Å². The molecule has 0 aliphatic heterocycles. The lowest BCUT2D eigenvalue weighted by molar-refractivity contribution is 0.0930. The van der Waals surface area contributed by atoms with Crippen molar-refractivity contribution in [1.82, 2.24) is 15.6 Å². The van der Waals surface area contributed by atoms with Crippen molar-refractivity contribution in [2.75, 3.05) is 5.73 Å². The number of hydrogen-bond acceptors (Lipinski definition) is 5. The van der Waals surface area contributed by atoms with Gasteiger partial charge in [-0.3, -0.25) is 4.79 Å². The maximum Gasteiger partial charge on any atom is 0.277 e. The Morgan fingerprint density at radius 2 is 2.17 bits per heavy atom. The van der Waals surface area contributed by atoms with Crippen molar-refractivity contribution in [3.8, 4) is 0 Å². The minimum atomic E-state index is -0.419. The predicted molar refractivity (Wildman–Crippen MR) is 68.7 cm³/mol. The van der Waals surface area contributed by atoms with E-state index in [4.69, 9.17) is 5.73 Å². The first kappa shape index (κ1) is 12.6. The Balaban J connectivity index is 2.13. The first-order valence-corrected chi connectivity index (χ1v) is 6.02. The Labute approximate surface area is 112 Å². The number of carbonyl (C=O) groups excluding carboxylic acids is 1. The minimum absolute atomic E-state index is 0.00564. The molecule has 2 rings (SSSR count). The van der Waals surface area contributed by atoms with Crippen LogP contribution in [0.3, 0.4) is 0 Å². The molecule has 1 atom stereocenters. The molecule has 1 aromatic carbocycles. The first-order valence-electron chi connectivity index (χ1n) is 5.23. The monoisotopic (exact) mass is 310 g/mol. The van der Waals surface area contributed by atoms with E-state index in [1.165, 1.54) is 0 Å². The largest absolute Gasteiger partial charge is 0.379 e. The number of aromatic nitrogens is 2. The fraction of sp³-hybridized carbons (Fsp3) is 0.182. The molecule has 6 nitrogen and oxygen atoms in total. The molecule has 1 aromatic heterocycles. The molecule has 1 heterocycles. The van der Waals surface area contributed by atoms with Gasteiger partial charge in [-0.2, -0.15) is 0 Å². The molecule has 1 amide bonds. The molecule has 7 heteroatoms. The molecule has 0 saturated carbocycles. The van der Waals surface area contributed by atoms with Crippen LogP contribution >= 0.6 is 15.9 Å². The highest BCUT2D eigenvalue weighted by molar-refractivity contribution is 9.10. The van der Waals surface area contributed by atoms with Gasteiger partial charge in [0.05, 0.1) is 6.04 Å². The molecule has 0 spiro atoms. The number of nitrogens with two attached hydrogens (primary N) is 1. The summed E-state index contributed by atoms with van der Waals surface area (Å²) in [6.45, 7) is 1.86. The molecular weight excluding hydrogens is 300 g/mol. The quantitative estimate of drug-likeness (QED) is 0.903. The second kappa shape index (κ2) is 5.18. The Morgan fingerprint density at radius 3 is 2.78 bits per heavy atom. The average molecular weight is 311 g/mol. The van der Waals surface area contributed by atoms with Gasteiger partial charge in [0, 0.05) is 4.47 Å². The molecule has 2 aromatic rings. The van der Waals surface area contributed by atoms with Gasteiger partial charge in [0.15, 0.2) is 0 Å². The molecule has 0 aliphatic rings. The molecule has 0 radical (unpaired) electrons. The number of carbonyl (C=O) groups is 1. The smallest absolute Gasteiger partial charge is 0.277 e. The third kappa shape index (κ3) is 2.51. The number of halogens is 1. The Kier molecular flexibility index (Phi) is 3.61.